The van der Waals surface area contributed by atoms with Crippen molar-refractivity contribution in [1.82, 2.24) is 10.3 Å². The highest BCUT2D eigenvalue weighted by Crippen LogP contribution is 2.16. The first-order chi connectivity index (χ1) is 10.3. The lowest BCUT2D eigenvalue weighted by molar-refractivity contribution is 0.0954. The molecule has 2 aromatic carbocycles. The molecular formula is C18H16N2O. The van der Waals surface area contributed by atoms with Gasteiger partial charge in [-0.25, -0.2) is 0 Å². The van der Waals surface area contributed by atoms with E-state index >= 15 is 0 Å². The first-order valence-corrected chi connectivity index (χ1v) is 7.00. The molecule has 1 N–H and O–H groups in total. The van der Waals surface area contributed by atoms with Gasteiger partial charge in [0.15, 0.2) is 0 Å². The molecule has 0 aliphatic heterocycles. The molecule has 0 unspecified atom stereocenters. The van der Waals surface area contributed by atoms with Crippen LogP contribution in [0.1, 0.15) is 15.9 Å². The number of nitrogens with zero attached hydrogens (tertiary/aromatic N) is 1. The molecule has 1 aromatic heterocycles. The number of para-hydroxylation sites is 1. The molecule has 1 amide bonds. The molecule has 3 aromatic rings. The van der Waals surface area contributed by atoms with Crippen molar-refractivity contribution >= 4 is 16.8 Å². The van der Waals surface area contributed by atoms with Crippen molar-refractivity contribution in [2.75, 3.05) is 6.54 Å². The van der Waals surface area contributed by atoms with E-state index < -0.39 is 0 Å². The lowest BCUT2D eigenvalue weighted by atomic mass is 10.1. The van der Waals surface area contributed by atoms with Gasteiger partial charge in [0.25, 0.3) is 5.91 Å². The molecule has 0 radical (unpaired) electrons. The summed E-state index contributed by atoms with van der Waals surface area (Å²) in [4.78, 5) is 16.4. The first-order valence-electron chi connectivity index (χ1n) is 7.00. The van der Waals surface area contributed by atoms with Crippen molar-refractivity contribution in [3.8, 4) is 0 Å². The van der Waals surface area contributed by atoms with Gasteiger partial charge in [0.05, 0.1) is 5.52 Å². The highest BCUT2D eigenvalue weighted by atomic mass is 16.1. The Hall–Kier alpha value is -2.68. The van der Waals surface area contributed by atoms with E-state index in [1.165, 1.54) is 0 Å². The van der Waals surface area contributed by atoms with Gasteiger partial charge >= 0.3 is 0 Å². The van der Waals surface area contributed by atoms with E-state index in [1.54, 1.807) is 6.20 Å². The minimum absolute atomic E-state index is 0.0382. The number of rotatable bonds is 4. The van der Waals surface area contributed by atoms with E-state index in [9.17, 15) is 4.79 Å². The van der Waals surface area contributed by atoms with Crippen LogP contribution in [-0.4, -0.2) is 17.4 Å². The second-order valence-corrected chi connectivity index (χ2v) is 4.86. The van der Waals surface area contributed by atoms with Crippen LogP contribution in [0.2, 0.25) is 0 Å². The second-order valence-electron chi connectivity index (χ2n) is 4.86. The number of hydrogen-bond acceptors (Lipinski definition) is 2. The molecule has 21 heavy (non-hydrogen) atoms. The Kier molecular flexibility index (Phi) is 3.92. The fourth-order valence-electron chi connectivity index (χ4n) is 2.37. The summed E-state index contributed by atoms with van der Waals surface area (Å²) in [6, 6.07) is 19.4. The summed E-state index contributed by atoms with van der Waals surface area (Å²) in [6.45, 7) is 0.601. The Labute approximate surface area is 123 Å². The number of carbonyl (C=O) groups is 1. The molecule has 3 nitrogen and oxygen atoms in total. The Morgan fingerprint density at radius 3 is 2.62 bits per heavy atom. The number of amides is 1. The molecule has 0 bridgehead atoms. The van der Waals surface area contributed by atoms with Gasteiger partial charge < -0.3 is 5.32 Å². The van der Waals surface area contributed by atoms with Crippen molar-refractivity contribution in [1.29, 1.82) is 0 Å². The molecule has 0 saturated carbocycles. The van der Waals surface area contributed by atoms with Crippen molar-refractivity contribution in [2.24, 2.45) is 0 Å². The fraction of sp³-hybridized carbons (Fsp3) is 0.111. The van der Waals surface area contributed by atoms with Crippen LogP contribution in [0.25, 0.3) is 10.9 Å². The van der Waals surface area contributed by atoms with Crippen LogP contribution in [0, 0.1) is 0 Å². The topological polar surface area (TPSA) is 42.0 Å². The predicted octanol–water partition coefficient (Wildman–Crippen LogP) is 3.21. The third-order valence-electron chi connectivity index (χ3n) is 3.43. The molecule has 104 valence electrons. The molecule has 1 heterocycles. The normalized spacial score (nSPS) is 10.5. The molecule has 0 atom stereocenters. The first kappa shape index (κ1) is 13.3. The van der Waals surface area contributed by atoms with Gasteiger partial charge in [-0.1, -0.05) is 42.5 Å². The lowest BCUT2D eigenvalue weighted by Crippen LogP contribution is -2.25. The Morgan fingerprint density at radius 2 is 1.76 bits per heavy atom. The standard InChI is InChI=1S/C18H16N2O/c21-18(16-6-2-1-3-7-16)20-13-11-15-9-4-8-14-10-5-12-19-17(14)15/h1-10,12H,11,13H2,(H,20,21). The van der Waals surface area contributed by atoms with Crippen LogP contribution in [-0.2, 0) is 6.42 Å². The van der Waals surface area contributed by atoms with Crippen LogP contribution in [0.4, 0.5) is 0 Å². The highest BCUT2D eigenvalue weighted by Gasteiger charge is 2.05. The van der Waals surface area contributed by atoms with Gasteiger partial charge in [-0.2, -0.15) is 0 Å². The molecule has 3 rings (SSSR count). The Balaban J connectivity index is 1.66. The summed E-state index contributed by atoms with van der Waals surface area (Å²) in [7, 11) is 0. The number of aromatic nitrogens is 1. The van der Waals surface area contributed by atoms with Crippen LogP contribution in [0.5, 0.6) is 0 Å². The smallest absolute Gasteiger partial charge is 0.251 e. The van der Waals surface area contributed by atoms with Gasteiger partial charge in [-0.15, -0.1) is 0 Å². The van der Waals surface area contributed by atoms with E-state index in [0.717, 1.165) is 22.9 Å². The van der Waals surface area contributed by atoms with E-state index in [-0.39, 0.29) is 5.91 Å². The van der Waals surface area contributed by atoms with Crippen LogP contribution in [0.15, 0.2) is 66.9 Å². The van der Waals surface area contributed by atoms with Crippen molar-refractivity contribution < 1.29 is 4.79 Å². The molecule has 0 saturated heterocycles. The largest absolute Gasteiger partial charge is 0.352 e. The molecule has 0 aliphatic rings. The number of carbonyl (C=O) groups excluding carboxylic acids is 1. The highest BCUT2D eigenvalue weighted by molar-refractivity contribution is 5.94. The minimum atomic E-state index is -0.0382. The van der Waals surface area contributed by atoms with E-state index in [0.29, 0.717) is 12.1 Å². The third kappa shape index (κ3) is 3.08. The van der Waals surface area contributed by atoms with E-state index in [4.69, 9.17) is 0 Å². The van der Waals surface area contributed by atoms with Gasteiger partial charge in [0.2, 0.25) is 0 Å². The van der Waals surface area contributed by atoms with E-state index in [1.807, 2.05) is 54.6 Å². The number of nitrogens with one attached hydrogen (secondary N) is 1. The lowest BCUT2D eigenvalue weighted by Gasteiger charge is -2.07. The summed E-state index contributed by atoms with van der Waals surface area (Å²) in [5.41, 5.74) is 2.85. The van der Waals surface area contributed by atoms with Gasteiger partial charge in [-0.05, 0) is 30.2 Å². The van der Waals surface area contributed by atoms with E-state index in [2.05, 4.69) is 16.4 Å². The number of hydrogen-bond donors (Lipinski definition) is 1. The summed E-state index contributed by atoms with van der Waals surface area (Å²) >= 11 is 0. The maximum Gasteiger partial charge on any atom is 0.251 e. The quantitative estimate of drug-likeness (QED) is 0.795. The number of benzene rings is 2. The molecule has 0 fully saturated rings. The third-order valence-corrected chi connectivity index (χ3v) is 3.43. The van der Waals surface area contributed by atoms with Crippen LogP contribution >= 0.6 is 0 Å². The maximum absolute atomic E-state index is 12.0. The predicted molar refractivity (Wildman–Crippen MR) is 84.2 cm³/mol. The zero-order chi connectivity index (χ0) is 14.5. The SMILES string of the molecule is O=C(NCCc1cccc2cccnc12)c1ccccc1. The fourth-order valence-corrected chi connectivity index (χ4v) is 2.37. The molecule has 0 spiro atoms. The van der Waals surface area contributed by atoms with Gasteiger partial charge in [-0.3, -0.25) is 9.78 Å². The minimum Gasteiger partial charge on any atom is -0.352 e. The molecular weight excluding hydrogens is 260 g/mol. The Morgan fingerprint density at radius 1 is 0.952 bits per heavy atom. The zero-order valence-corrected chi connectivity index (χ0v) is 11.6. The van der Waals surface area contributed by atoms with Crippen molar-refractivity contribution in [3.05, 3.63) is 78.0 Å². The summed E-state index contributed by atoms with van der Waals surface area (Å²) < 4.78 is 0. The van der Waals surface area contributed by atoms with Crippen LogP contribution < -0.4 is 5.32 Å². The van der Waals surface area contributed by atoms with Gasteiger partial charge in [0, 0.05) is 23.7 Å². The summed E-state index contributed by atoms with van der Waals surface area (Å²) in [5.74, 6) is -0.0382. The Bertz CT molecular complexity index is 748. The van der Waals surface area contributed by atoms with Crippen molar-refractivity contribution in [2.45, 2.75) is 6.42 Å². The molecule has 3 heteroatoms. The summed E-state index contributed by atoms with van der Waals surface area (Å²) in [6.07, 6.45) is 2.57. The number of pyridine rings is 1. The maximum atomic E-state index is 12.0. The number of fused-ring (bicyclic) bond motifs is 1. The molecule has 0 aliphatic carbocycles. The monoisotopic (exact) mass is 276 g/mol. The van der Waals surface area contributed by atoms with Gasteiger partial charge in [0.1, 0.15) is 0 Å². The average molecular weight is 276 g/mol. The average Bonchev–Trinajstić information content (AvgIpc) is 2.56. The van der Waals surface area contributed by atoms with Crippen molar-refractivity contribution in [3.63, 3.8) is 0 Å². The second kappa shape index (κ2) is 6.18. The van der Waals surface area contributed by atoms with Crippen LogP contribution in [0.3, 0.4) is 0 Å². The summed E-state index contributed by atoms with van der Waals surface area (Å²) in [5, 5.41) is 4.07. The zero-order valence-electron chi connectivity index (χ0n) is 11.6.